The zero-order valence-electron chi connectivity index (χ0n) is 2.06. The molecule has 0 aliphatic rings. The van der Waals surface area contributed by atoms with Crippen molar-refractivity contribution in [2.24, 2.45) is 0 Å². The summed E-state index contributed by atoms with van der Waals surface area (Å²) in [5.41, 5.74) is 0. The molecular formula is CsCuFI. The molecule has 0 unspecified atom stereocenters. The van der Waals surface area contributed by atoms with Crippen molar-refractivity contribution in [1.29, 1.82) is 0 Å². The fourth-order valence-electron chi connectivity index (χ4n) is 0. The Labute approximate surface area is 101 Å². The Bertz CT molecular complexity index is 8.00. The van der Waals surface area contributed by atoms with Crippen LogP contribution < -0.4 is 0 Å². The Morgan fingerprint density at radius 1 is 1.75 bits per heavy atom. The maximum atomic E-state index is 10.2. The van der Waals surface area contributed by atoms with Crippen LogP contribution >= 0.6 is 20.3 Å². The molecule has 0 rings (SSSR count). The van der Waals surface area contributed by atoms with Crippen LogP contribution in [0.5, 0.6) is 0 Å². The van der Waals surface area contributed by atoms with Crippen LogP contribution in [0.15, 0.2) is 0 Å². The molecule has 0 aromatic rings. The molecule has 0 saturated carbocycles. The van der Waals surface area contributed by atoms with Crippen LogP contribution in [-0.2, 0) is 12.2 Å². The number of rotatable bonds is 0. The second kappa shape index (κ2) is 9.52. The molecule has 4 heteroatoms. The second-order valence-electron chi connectivity index (χ2n) is 0.0431. The van der Waals surface area contributed by atoms with E-state index >= 15 is 0 Å². The molecule has 26 valence electrons. The molecule has 0 aromatic carbocycles. The fraction of sp³-hybridized carbons (Fsp3) is 0. The van der Waals surface area contributed by atoms with Crippen molar-refractivity contribution in [2.75, 3.05) is 0 Å². The van der Waals surface area contributed by atoms with Gasteiger partial charge in [0, 0.05) is 68.9 Å². The molecule has 0 amide bonds. The first kappa shape index (κ1) is 10.3. The molecule has 0 spiro atoms. The first-order chi connectivity index (χ1) is 1.41. The number of hydrogen-bond donors (Lipinski definition) is 0. The van der Waals surface area contributed by atoms with Crippen molar-refractivity contribution in [3.63, 3.8) is 0 Å². The Balaban J connectivity index is 0. The summed E-state index contributed by atoms with van der Waals surface area (Å²) >= 11 is 1.81. The second-order valence-corrected chi connectivity index (χ2v) is 1.19. The Morgan fingerprint density at radius 3 is 1.75 bits per heavy atom. The Hall–Kier alpha value is 3.23. The third kappa shape index (κ3) is 8.97. The average Bonchev–Trinajstić information content (AvgIpc) is 0.918. The van der Waals surface area contributed by atoms with Crippen LogP contribution in [0.4, 0.5) is 3.55 Å². The van der Waals surface area contributed by atoms with Gasteiger partial charge in [0.1, 0.15) is 0 Å². The van der Waals surface area contributed by atoms with Crippen LogP contribution in [0.2, 0.25) is 0 Å². The van der Waals surface area contributed by atoms with E-state index in [-0.39, 0.29) is 81.1 Å². The number of halogens is 2. The van der Waals surface area contributed by atoms with Gasteiger partial charge in [-0.15, -0.1) is 0 Å². The van der Waals surface area contributed by atoms with Gasteiger partial charge in [0.25, 0.3) is 0 Å². The van der Waals surface area contributed by atoms with Gasteiger partial charge < -0.3 is 0 Å². The van der Waals surface area contributed by atoms with Gasteiger partial charge in [0.15, 0.2) is 0 Å². The molecule has 4 heavy (non-hydrogen) atoms. The molecule has 0 saturated heterocycles. The minimum absolute atomic E-state index is 0. The van der Waals surface area contributed by atoms with Crippen LogP contribution in [0.3, 0.4) is 0 Å². The van der Waals surface area contributed by atoms with Gasteiger partial charge in [0.05, 0.1) is 0 Å². The van der Waals surface area contributed by atoms with Gasteiger partial charge in [-0.1, -0.05) is 0 Å². The van der Waals surface area contributed by atoms with Crippen LogP contribution in [0, 0.1) is 0 Å². The summed E-state index contributed by atoms with van der Waals surface area (Å²) in [6.45, 7) is 0. The summed E-state index contributed by atoms with van der Waals surface area (Å²) in [6, 6.07) is 0. The predicted molar refractivity (Wildman–Crippen MR) is 20.9 cm³/mol. The van der Waals surface area contributed by atoms with E-state index in [4.69, 9.17) is 0 Å². The monoisotopic (exact) mass is 342 g/mol. The van der Waals surface area contributed by atoms with Gasteiger partial charge in [-0.3, -0.25) is 0 Å². The SMILES string of the molecule is [Cs].[F][Cu][I]. The summed E-state index contributed by atoms with van der Waals surface area (Å²) in [4.78, 5) is 0. The van der Waals surface area contributed by atoms with E-state index < -0.39 is 0 Å². The molecule has 1 radical (unpaired) electrons. The van der Waals surface area contributed by atoms with Crippen LogP contribution in [0.25, 0.3) is 0 Å². The van der Waals surface area contributed by atoms with E-state index in [2.05, 4.69) is 0 Å². The van der Waals surface area contributed by atoms with Gasteiger partial charge in [-0.25, -0.2) is 0 Å². The van der Waals surface area contributed by atoms with Crippen molar-refractivity contribution in [3.8, 4) is 0 Å². The topological polar surface area (TPSA) is 0 Å². The molecule has 0 aromatic heterocycles. The summed E-state index contributed by atoms with van der Waals surface area (Å²) in [6.07, 6.45) is 0. The standard InChI is InChI=1S/Cs.Cu.FH.HI/h;;2*1H/q;+2;;/p-2. The van der Waals surface area contributed by atoms with Crippen molar-refractivity contribution in [3.05, 3.63) is 0 Å². The molecule has 0 aliphatic carbocycles. The maximum absolute atomic E-state index is 10.2. The summed E-state index contributed by atoms with van der Waals surface area (Å²) in [5, 5.41) is 0. The predicted octanol–water partition coefficient (Wildman–Crippen LogP) is 0.923. The quantitative estimate of drug-likeness (QED) is 0.454. The summed E-state index contributed by atoms with van der Waals surface area (Å²) in [7, 11) is 0. The molecule has 0 heterocycles. The first-order valence-corrected chi connectivity index (χ1v) is 3.62. The molecule has 0 aliphatic heterocycles. The van der Waals surface area contributed by atoms with Gasteiger partial charge >= 0.3 is 36.1 Å². The van der Waals surface area contributed by atoms with Crippen molar-refractivity contribution < 1.29 is 15.7 Å². The van der Waals surface area contributed by atoms with Crippen LogP contribution in [0.1, 0.15) is 0 Å². The minimum atomic E-state index is 0. The molecule has 0 bridgehead atoms. The van der Waals surface area contributed by atoms with E-state index in [0.29, 0.717) is 0 Å². The normalized spacial score (nSPS) is 5.50. The fourth-order valence-corrected chi connectivity index (χ4v) is 0. The Kier molecular flexibility index (Phi) is 24.4. The molecular weight excluding hydrogens is 342 g/mol. The van der Waals surface area contributed by atoms with E-state index in [0.717, 1.165) is 0 Å². The van der Waals surface area contributed by atoms with Gasteiger partial charge in [0.2, 0.25) is 0 Å². The van der Waals surface area contributed by atoms with Crippen LogP contribution in [-0.4, -0.2) is 68.9 Å². The molecule has 0 fully saturated rings. The molecule has 0 atom stereocenters. The summed E-state index contributed by atoms with van der Waals surface area (Å²) in [5.74, 6) is 0. The Morgan fingerprint density at radius 2 is 1.75 bits per heavy atom. The third-order valence-corrected chi connectivity index (χ3v) is 0. The molecule has 0 N–H and O–H groups in total. The van der Waals surface area contributed by atoms with Gasteiger partial charge in [-0.05, 0) is 0 Å². The average molecular weight is 342 g/mol. The zero-order valence-corrected chi connectivity index (χ0v) is 11.4. The van der Waals surface area contributed by atoms with E-state index in [1.807, 2.05) is 0 Å². The molecule has 0 nitrogen and oxygen atoms in total. The van der Waals surface area contributed by atoms with Crippen molar-refractivity contribution in [2.45, 2.75) is 0 Å². The number of hydrogen-bond acceptors (Lipinski definition) is 0. The first-order valence-electron chi connectivity index (χ1n) is 0.228. The zero-order chi connectivity index (χ0) is 2.71. The van der Waals surface area contributed by atoms with Gasteiger partial charge in [-0.2, -0.15) is 0 Å². The van der Waals surface area contributed by atoms with E-state index in [9.17, 15) is 3.55 Å². The summed E-state index contributed by atoms with van der Waals surface area (Å²) < 4.78 is 10.2. The van der Waals surface area contributed by atoms with Crippen molar-refractivity contribution >= 4 is 89.2 Å². The van der Waals surface area contributed by atoms with Crippen molar-refractivity contribution in [1.82, 2.24) is 0 Å². The van der Waals surface area contributed by atoms with E-state index in [1.165, 1.54) is 20.3 Å². The third-order valence-electron chi connectivity index (χ3n) is 0. The van der Waals surface area contributed by atoms with E-state index in [1.54, 1.807) is 0 Å².